The van der Waals surface area contributed by atoms with Crippen molar-refractivity contribution in [3.05, 3.63) is 18.2 Å². The summed E-state index contributed by atoms with van der Waals surface area (Å²) in [7, 11) is 0. The third-order valence-electron chi connectivity index (χ3n) is 5.27. The number of hydrogen-bond donors (Lipinski definition) is 1. The highest BCUT2D eigenvalue weighted by atomic mass is 16.3. The molecule has 22 heavy (non-hydrogen) atoms. The number of aliphatic hydroxyl groups is 1. The average Bonchev–Trinajstić information content (AvgIpc) is 2.97. The second kappa shape index (κ2) is 7.11. The predicted molar refractivity (Wildman–Crippen MR) is 87.7 cm³/mol. The summed E-state index contributed by atoms with van der Waals surface area (Å²) < 4.78 is 2.22. The van der Waals surface area contributed by atoms with Crippen LogP contribution in [-0.2, 0) is 13.1 Å². The van der Waals surface area contributed by atoms with Gasteiger partial charge in [-0.1, -0.05) is 19.3 Å². The van der Waals surface area contributed by atoms with E-state index in [9.17, 15) is 5.11 Å². The zero-order valence-corrected chi connectivity index (χ0v) is 13.9. The fourth-order valence-electron chi connectivity index (χ4n) is 3.87. The van der Waals surface area contributed by atoms with E-state index in [1.165, 1.54) is 25.1 Å². The molecule has 3 rings (SSSR count). The van der Waals surface area contributed by atoms with E-state index in [2.05, 4.69) is 32.5 Å². The number of rotatable bonds is 5. The van der Waals surface area contributed by atoms with Crippen molar-refractivity contribution in [3.8, 4) is 0 Å². The Morgan fingerprint density at radius 2 is 1.77 bits per heavy atom. The van der Waals surface area contributed by atoms with Gasteiger partial charge in [0.05, 0.1) is 12.1 Å². The molecular weight excluding hydrogens is 276 g/mol. The van der Waals surface area contributed by atoms with Crippen LogP contribution >= 0.6 is 0 Å². The van der Waals surface area contributed by atoms with Crippen molar-refractivity contribution in [2.75, 3.05) is 32.7 Å². The number of imidazole rings is 1. The summed E-state index contributed by atoms with van der Waals surface area (Å²) in [5, 5.41) is 10.7. The summed E-state index contributed by atoms with van der Waals surface area (Å²) >= 11 is 0. The molecule has 124 valence electrons. The van der Waals surface area contributed by atoms with Crippen molar-refractivity contribution in [2.24, 2.45) is 0 Å². The smallest absolute Gasteiger partial charge is 0.122 e. The fraction of sp³-hybridized carbons (Fsp3) is 0.824. The molecular formula is C17H30N4O. The lowest BCUT2D eigenvalue weighted by Crippen LogP contribution is -2.52. The van der Waals surface area contributed by atoms with E-state index in [0.29, 0.717) is 0 Å². The molecule has 2 heterocycles. The standard InChI is InChI=1S/C17H30N4O/c1-2-21-9-8-18-16(21)14-19-10-12-20(13-11-19)15-17(22)6-4-3-5-7-17/h8-9,22H,2-7,10-15H2,1H3. The van der Waals surface area contributed by atoms with Gasteiger partial charge in [-0.05, 0) is 19.8 Å². The van der Waals surface area contributed by atoms with Crippen molar-refractivity contribution in [2.45, 2.75) is 57.7 Å². The number of β-amino-alcohol motifs (C(OH)–C–C–N with tert-alkyl or cyclic N) is 1. The van der Waals surface area contributed by atoms with Gasteiger partial charge in [0.15, 0.2) is 0 Å². The normalized spacial score (nSPS) is 23.7. The van der Waals surface area contributed by atoms with Gasteiger partial charge in [-0.3, -0.25) is 9.80 Å². The van der Waals surface area contributed by atoms with Crippen LogP contribution in [0.2, 0.25) is 0 Å². The minimum absolute atomic E-state index is 0.418. The van der Waals surface area contributed by atoms with E-state index >= 15 is 0 Å². The molecule has 0 bridgehead atoms. The predicted octanol–water partition coefficient (Wildman–Crippen LogP) is 1.72. The van der Waals surface area contributed by atoms with Crippen LogP contribution in [0, 0.1) is 0 Å². The van der Waals surface area contributed by atoms with E-state index in [1.54, 1.807) is 0 Å². The molecule has 1 saturated heterocycles. The van der Waals surface area contributed by atoms with Gasteiger partial charge in [-0.15, -0.1) is 0 Å². The minimum Gasteiger partial charge on any atom is -0.389 e. The van der Waals surface area contributed by atoms with Crippen LogP contribution in [0.4, 0.5) is 0 Å². The molecule has 0 radical (unpaired) electrons. The average molecular weight is 306 g/mol. The summed E-state index contributed by atoms with van der Waals surface area (Å²) in [6.07, 6.45) is 9.60. The Morgan fingerprint density at radius 1 is 1.09 bits per heavy atom. The minimum atomic E-state index is -0.418. The van der Waals surface area contributed by atoms with E-state index < -0.39 is 5.60 Å². The first-order valence-electron chi connectivity index (χ1n) is 8.86. The third-order valence-corrected chi connectivity index (χ3v) is 5.27. The number of aryl methyl sites for hydroxylation is 1. The van der Waals surface area contributed by atoms with Gasteiger partial charge < -0.3 is 9.67 Å². The Balaban J connectivity index is 1.46. The fourth-order valence-corrected chi connectivity index (χ4v) is 3.87. The summed E-state index contributed by atoms with van der Waals surface area (Å²) in [4.78, 5) is 9.41. The zero-order chi connectivity index (χ0) is 15.4. The SMILES string of the molecule is CCn1ccnc1CN1CCN(CC2(O)CCCCC2)CC1. The monoisotopic (exact) mass is 306 g/mol. The lowest BCUT2D eigenvalue weighted by Gasteiger charge is -2.41. The first-order valence-corrected chi connectivity index (χ1v) is 8.86. The summed E-state index contributed by atoms with van der Waals surface area (Å²) in [5.74, 6) is 1.17. The molecule has 1 aromatic rings. The van der Waals surface area contributed by atoms with Crippen LogP contribution < -0.4 is 0 Å². The van der Waals surface area contributed by atoms with Crippen molar-refractivity contribution in [1.29, 1.82) is 0 Å². The lowest BCUT2D eigenvalue weighted by atomic mass is 9.84. The topological polar surface area (TPSA) is 44.5 Å². The maximum atomic E-state index is 10.7. The van der Waals surface area contributed by atoms with Gasteiger partial charge in [0.25, 0.3) is 0 Å². The van der Waals surface area contributed by atoms with Gasteiger partial charge in [0.2, 0.25) is 0 Å². The number of nitrogens with zero attached hydrogens (tertiary/aromatic N) is 4. The van der Waals surface area contributed by atoms with Crippen molar-refractivity contribution in [1.82, 2.24) is 19.4 Å². The highest BCUT2D eigenvalue weighted by Crippen LogP contribution is 2.29. The van der Waals surface area contributed by atoms with Crippen LogP contribution in [0.3, 0.4) is 0 Å². The second-order valence-electron chi connectivity index (χ2n) is 6.97. The molecule has 1 N–H and O–H groups in total. The van der Waals surface area contributed by atoms with Crippen LogP contribution in [0.15, 0.2) is 12.4 Å². The van der Waals surface area contributed by atoms with Gasteiger partial charge >= 0.3 is 0 Å². The maximum absolute atomic E-state index is 10.7. The van der Waals surface area contributed by atoms with Crippen LogP contribution in [0.25, 0.3) is 0 Å². The number of hydrogen-bond acceptors (Lipinski definition) is 4. The Hall–Kier alpha value is -0.910. The molecule has 0 amide bonds. The van der Waals surface area contributed by atoms with Crippen LogP contribution in [0.5, 0.6) is 0 Å². The summed E-state index contributed by atoms with van der Waals surface area (Å²) in [6.45, 7) is 9.24. The molecule has 1 aliphatic carbocycles. The Kier molecular flexibility index (Phi) is 5.16. The highest BCUT2D eigenvalue weighted by molar-refractivity contribution is 4.93. The van der Waals surface area contributed by atoms with E-state index in [-0.39, 0.29) is 0 Å². The molecule has 1 aromatic heterocycles. The van der Waals surface area contributed by atoms with Crippen molar-refractivity contribution >= 4 is 0 Å². The Morgan fingerprint density at radius 3 is 2.45 bits per heavy atom. The van der Waals surface area contributed by atoms with E-state index in [0.717, 1.165) is 58.7 Å². The third kappa shape index (κ3) is 3.89. The second-order valence-corrected chi connectivity index (χ2v) is 6.97. The van der Waals surface area contributed by atoms with Crippen LogP contribution in [-0.4, -0.2) is 62.8 Å². The van der Waals surface area contributed by atoms with Crippen LogP contribution in [0.1, 0.15) is 44.9 Å². The molecule has 5 heteroatoms. The molecule has 0 atom stereocenters. The molecule has 2 aliphatic rings. The van der Waals surface area contributed by atoms with Gasteiger partial charge in [-0.2, -0.15) is 0 Å². The maximum Gasteiger partial charge on any atom is 0.122 e. The molecule has 5 nitrogen and oxygen atoms in total. The number of piperazine rings is 1. The molecule has 1 saturated carbocycles. The van der Waals surface area contributed by atoms with Gasteiger partial charge in [0.1, 0.15) is 5.82 Å². The first-order chi connectivity index (χ1) is 10.7. The zero-order valence-electron chi connectivity index (χ0n) is 13.9. The molecule has 2 fully saturated rings. The number of aromatic nitrogens is 2. The van der Waals surface area contributed by atoms with Crippen molar-refractivity contribution < 1.29 is 5.11 Å². The lowest BCUT2D eigenvalue weighted by molar-refractivity contribution is -0.0361. The summed E-state index contributed by atoms with van der Waals surface area (Å²) in [5.41, 5.74) is -0.418. The summed E-state index contributed by atoms with van der Waals surface area (Å²) in [6, 6.07) is 0. The first kappa shape index (κ1) is 16.0. The van der Waals surface area contributed by atoms with E-state index in [1.807, 2.05) is 6.20 Å². The molecule has 0 unspecified atom stereocenters. The van der Waals surface area contributed by atoms with Gasteiger partial charge in [0, 0.05) is 51.7 Å². The van der Waals surface area contributed by atoms with Gasteiger partial charge in [-0.25, -0.2) is 4.98 Å². The molecule has 0 spiro atoms. The Bertz CT molecular complexity index is 459. The quantitative estimate of drug-likeness (QED) is 0.899. The van der Waals surface area contributed by atoms with Crippen molar-refractivity contribution in [3.63, 3.8) is 0 Å². The molecule has 0 aromatic carbocycles. The largest absolute Gasteiger partial charge is 0.389 e. The Labute approximate surface area is 133 Å². The highest BCUT2D eigenvalue weighted by Gasteiger charge is 2.32. The molecule has 1 aliphatic heterocycles. The van der Waals surface area contributed by atoms with E-state index in [4.69, 9.17) is 0 Å².